The number of benzene rings is 1. The highest BCUT2D eigenvalue weighted by molar-refractivity contribution is 9.09. The van der Waals surface area contributed by atoms with E-state index in [2.05, 4.69) is 20.7 Å². The molecule has 86 valence electrons. The minimum Gasteiger partial charge on any atom is -0.430 e. The van der Waals surface area contributed by atoms with E-state index in [1.54, 1.807) is 0 Å². The first kappa shape index (κ1) is 14.4. The standard InChI is InChI=1S/C8H7BrF3NO.ClH/c9-7(10)8(11,12)14-6-3-1-5(13)2-4-6;/h1-4,7H,13H2;1H. The number of hydrogen-bond acceptors (Lipinski definition) is 2. The topological polar surface area (TPSA) is 35.2 Å². The fraction of sp³-hybridized carbons (Fsp3) is 0.250. The molecule has 0 heterocycles. The van der Waals surface area contributed by atoms with Gasteiger partial charge in [-0.2, -0.15) is 8.78 Å². The van der Waals surface area contributed by atoms with Gasteiger partial charge in [-0.05, 0) is 40.2 Å². The molecule has 0 bridgehead atoms. The van der Waals surface area contributed by atoms with Gasteiger partial charge in [0.2, 0.25) is 0 Å². The molecule has 0 aliphatic heterocycles. The van der Waals surface area contributed by atoms with Crippen LogP contribution in [0.3, 0.4) is 0 Å². The van der Waals surface area contributed by atoms with Crippen molar-refractivity contribution in [2.45, 2.75) is 11.2 Å². The molecule has 1 aromatic rings. The Bertz CT molecular complexity index is 307. The molecular weight excluding hydrogens is 298 g/mol. The van der Waals surface area contributed by atoms with Crippen molar-refractivity contribution in [3.63, 3.8) is 0 Å². The van der Waals surface area contributed by atoms with Gasteiger partial charge < -0.3 is 10.5 Å². The van der Waals surface area contributed by atoms with Crippen LogP contribution < -0.4 is 10.5 Å². The van der Waals surface area contributed by atoms with E-state index in [9.17, 15) is 13.2 Å². The van der Waals surface area contributed by atoms with E-state index >= 15 is 0 Å². The Hall–Kier alpha value is -0.620. The van der Waals surface area contributed by atoms with E-state index in [1.165, 1.54) is 24.3 Å². The average molecular weight is 307 g/mol. The third kappa shape index (κ3) is 4.17. The molecule has 1 unspecified atom stereocenters. The normalized spacial score (nSPS) is 12.8. The lowest BCUT2D eigenvalue weighted by atomic mass is 10.3. The van der Waals surface area contributed by atoms with Gasteiger partial charge in [-0.15, -0.1) is 12.4 Å². The number of nitrogens with two attached hydrogens (primary N) is 1. The van der Waals surface area contributed by atoms with E-state index in [0.29, 0.717) is 5.69 Å². The van der Waals surface area contributed by atoms with Crippen LogP contribution in [0.15, 0.2) is 24.3 Å². The molecule has 0 fully saturated rings. The van der Waals surface area contributed by atoms with Gasteiger partial charge in [-0.25, -0.2) is 4.39 Å². The van der Waals surface area contributed by atoms with Crippen molar-refractivity contribution in [2.24, 2.45) is 0 Å². The molecule has 7 heteroatoms. The molecule has 0 radical (unpaired) electrons. The second kappa shape index (κ2) is 5.46. The summed E-state index contributed by atoms with van der Waals surface area (Å²) in [7, 11) is 0. The minimum atomic E-state index is -3.89. The van der Waals surface area contributed by atoms with Gasteiger partial charge in [0, 0.05) is 5.69 Å². The van der Waals surface area contributed by atoms with Crippen LogP contribution in [0, 0.1) is 0 Å². The third-order valence-corrected chi connectivity index (χ3v) is 1.92. The maximum Gasteiger partial charge on any atom is 0.440 e. The first-order valence-corrected chi connectivity index (χ1v) is 4.54. The van der Waals surface area contributed by atoms with Crippen LogP contribution in [0.4, 0.5) is 18.9 Å². The van der Waals surface area contributed by atoms with Gasteiger partial charge in [0.25, 0.3) is 5.08 Å². The predicted molar refractivity (Wildman–Crippen MR) is 57.5 cm³/mol. The lowest BCUT2D eigenvalue weighted by Crippen LogP contribution is -2.32. The molecule has 2 N–H and O–H groups in total. The average Bonchev–Trinajstić information content (AvgIpc) is 2.08. The number of hydrogen-bond donors (Lipinski definition) is 1. The Morgan fingerprint density at radius 1 is 1.27 bits per heavy atom. The lowest BCUT2D eigenvalue weighted by Gasteiger charge is -2.17. The van der Waals surface area contributed by atoms with Gasteiger partial charge in [-0.3, -0.25) is 0 Å². The number of rotatable bonds is 3. The Morgan fingerprint density at radius 2 is 1.73 bits per heavy atom. The van der Waals surface area contributed by atoms with Gasteiger partial charge in [0.1, 0.15) is 5.75 Å². The van der Waals surface area contributed by atoms with Crippen molar-refractivity contribution in [2.75, 3.05) is 5.73 Å². The predicted octanol–water partition coefficient (Wildman–Crippen LogP) is 3.35. The van der Waals surface area contributed by atoms with Crippen LogP contribution in [0.2, 0.25) is 0 Å². The minimum absolute atomic E-state index is 0. The quantitative estimate of drug-likeness (QED) is 0.686. The molecule has 0 saturated carbocycles. The smallest absolute Gasteiger partial charge is 0.430 e. The van der Waals surface area contributed by atoms with Gasteiger partial charge in [0.15, 0.2) is 0 Å². The molecule has 1 atom stereocenters. The Morgan fingerprint density at radius 3 is 2.13 bits per heavy atom. The van der Waals surface area contributed by atoms with E-state index < -0.39 is 11.2 Å². The molecule has 0 aliphatic rings. The van der Waals surface area contributed by atoms with Gasteiger partial charge in [0.05, 0.1) is 0 Å². The maximum absolute atomic E-state index is 12.7. The number of halogens is 5. The summed E-state index contributed by atoms with van der Waals surface area (Å²) < 4.78 is 41.7. The van der Waals surface area contributed by atoms with Crippen molar-refractivity contribution in [3.8, 4) is 5.75 Å². The van der Waals surface area contributed by atoms with E-state index in [0.717, 1.165) is 0 Å². The van der Waals surface area contributed by atoms with Crippen LogP contribution in [0.25, 0.3) is 0 Å². The fourth-order valence-electron chi connectivity index (χ4n) is 0.738. The van der Waals surface area contributed by atoms with Crippen LogP contribution in [0.1, 0.15) is 0 Å². The molecule has 0 spiro atoms. The summed E-state index contributed by atoms with van der Waals surface area (Å²) in [4.78, 5) is 0. The first-order valence-electron chi connectivity index (χ1n) is 3.62. The van der Waals surface area contributed by atoms with Crippen LogP contribution in [0.5, 0.6) is 5.75 Å². The van der Waals surface area contributed by atoms with Crippen LogP contribution in [-0.4, -0.2) is 11.2 Å². The largest absolute Gasteiger partial charge is 0.440 e. The molecule has 0 aromatic heterocycles. The number of nitrogen functional groups attached to an aromatic ring is 1. The number of anilines is 1. The van der Waals surface area contributed by atoms with Crippen molar-refractivity contribution in [3.05, 3.63) is 24.3 Å². The summed E-state index contributed by atoms with van der Waals surface area (Å²) in [6, 6.07) is 5.23. The molecule has 15 heavy (non-hydrogen) atoms. The molecule has 1 rings (SSSR count). The first-order chi connectivity index (χ1) is 6.42. The van der Waals surface area contributed by atoms with E-state index in [1.807, 2.05) is 0 Å². The van der Waals surface area contributed by atoms with Crippen molar-refractivity contribution in [1.29, 1.82) is 0 Å². The second-order valence-corrected chi connectivity index (χ2v) is 3.34. The fourth-order valence-corrected chi connectivity index (χ4v) is 0.831. The maximum atomic E-state index is 12.7. The highest BCUT2D eigenvalue weighted by Gasteiger charge is 2.41. The zero-order valence-corrected chi connectivity index (χ0v) is 9.69. The number of ether oxygens (including phenoxy) is 1. The van der Waals surface area contributed by atoms with E-state index in [4.69, 9.17) is 5.73 Å². The zero-order valence-electron chi connectivity index (χ0n) is 7.29. The van der Waals surface area contributed by atoms with Crippen molar-refractivity contribution >= 4 is 34.0 Å². The monoisotopic (exact) mass is 305 g/mol. The highest BCUT2D eigenvalue weighted by Crippen LogP contribution is 2.29. The molecule has 2 nitrogen and oxygen atoms in total. The third-order valence-electron chi connectivity index (χ3n) is 1.39. The molecule has 0 amide bonds. The summed E-state index contributed by atoms with van der Waals surface area (Å²) in [5.74, 6) is -0.147. The summed E-state index contributed by atoms with van der Waals surface area (Å²) in [6.07, 6.45) is -3.89. The number of alkyl halides is 4. The molecule has 0 aliphatic carbocycles. The van der Waals surface area contributed by atoms with E-state index in [-0.39, 0.29) is 18.2 Å². The molecular formula is C8H8BrClF3NO. The summed E-state index contributed by atoms with van der Waals surface area (Å²) in [5, 5.41) is -2.55. The summed E-state index contributed by atoms with van der Waals surface area (Å²) in [6.45, 7) is 0. The second-order valence-electron chi connectivity index (χ2n) is 2.53. The summed E-state index contributed by atoms with van der Waals surface area (Å²) >= 11 is 2.10. The van der Waals surface area contributed by atoms with Crippen molar-refractivity contribution in [1.82, 2.24) is 0 Å². The SMILES string of the molecule is Cl.Nc1ccc(OC(F)(F)C(F)Br)cc1. The van der Waals surface area contributed by atoms with Gasteiger partial charge in [-0.1, -0.05) is 0 Å². The Balaban J connectivity index is 0.00000196. The van der Waals surface area contributed by atoms with Gasteiger partial charge >= 0.3 is 6.11 Å². The van der Waals surface area contributed by atoms with Crippen LogP contribution in [-0.2, 0) is 0 Å². The summed E-state index contributed by atoms with van der Waals surface area (Å²) in [5.41, 5.74) is 5.74. The Kier molecular flexibility index (Phi) is 5.23. The van der Waals surface area contributed by atoms with Crippen LogP contribution >= 0.6 is 28.3 Å². The zero-order chi connectivity index (χ0) is 10.8. The lowest BCUT2D eigenvalue weighted by molar-refractivity contribution is -0.195. The molecule has 0 saturated heterocycles. The highest BCUT2D eigenvalue weighted by atomic mass is 79.9. The Labute approximate surface area is 99.1 Å². The molecule has 1 aromatic carbocycles. The van der Waals surface area contributed by atoms with Crippen molar-refractivity contribution < 1.29 is 17.9 Å².